The molecule has 1 aromatic heterocycles. The summed E-state index contributed by atoms with van der Waals surface area (Å²) in [5, 5.41) is 15.6. The molecule has 0 unspecified atom stereocenters. The lowest BCUT2D eigenvalue weighted by molar-refractivity contribution is -0.116. The molecule has 0 saturated carbocycles. The maximum atomic E-state index is 12.4. The first-order chi connectivity index (χ1) is 11.7. The molecule has 3 rings (SSSR count). The van der Waals surface area contributed by atoms with Gasteiger partial charge in [0.05, 0.1) is 17.2 Å². The maximum absolute atomic E-state index is 12.4. The summed E-state index contributed by atoms with van der Waals surface area (Å²) in [6.45, 7) is 5.35. The van der Waals surface area contributed by atoms with Gasteiger partial charge in [0.25, 0.3) is 5.91 Å². The summed E-state index contributed by atoms with van der Waals surface area (Å²) in [5.41, 5.74) is 0.588. The summed E-state index contributed by atoms with van der Waals surface area (Å²) in [4.78, 5) is 27.0. The summed E-state index contributed by atoms with van der Waals surface area (Å²) >= 11 is 1.51. The predicted molar refractivity (Wildman–Crippen MR) is 94.6 cm³/mol. The number of nitrogens with zero attached hydrogens (tertiary/aromatic N) is 4. The topological polar surface area (TPSA) is 103 Å². The minimum atomic E-state index is -0.326. The Hall–Kier alpha value is -1.97. The van der Waals surface area contributed by atoms with E-state index in [2.05, 4.69) is 32.3 Å². The van der Waals surface area contributed by atoms with Crippen LogP contribution in [0.2, 0.25) is 0 Å². The zero-order valence-corrected chi connectivity index (χ0v) is 14.0. The van der Waals surface area contributed by atoms with Crippen LogP contribution < -0.4 is 15.5 Å². The van der Waals surface area contributed by atoms with E-state index < -0.39 is 0 Å². The van der Waals surface area contributed by atoms with E-state index in [0.29, 0.717) is 35.9 Å². The van der Waals surface area contributed by atoms with Gasteiger partial charge >= 0.3 is 0 Å². The average Bonchev–Trinajstić information content (AvgIpc) is 3.05. The van der Waals surface area contributed by atoms with Gasteiger partial charge in [-0.15, -0.1) is 11.8 Å². The van der Waals surface area contributed by atoms with Gasteiger partial charge in [-0.05, 0) is 13.1 Å². The first-order valence-corrected chi connectivity index (χ1v) is 8.73. The van der Waals surface area contributed by atoms with Crippen LogP contribution in [0.25, 0.3) is 0 Å². The van der Waals surface area contributed by atoms with Gasteiger partial charge < -0.3 is 20.6 Å². The third kappa shape index (κ3) is 3.92. The molecular weight excluding hydrogens is 328 g/mol. The smallest absolute Gasteiger partial charge is 0.259 e. The predicted octanol–water partition coefficient (Wildman–Crippen LogP) is 0.0423. The van der Waals surface area contributed by atoms with E-state index in [1.54, 1.807) is 12.4 Å². The van der Waals surface area contributed by atoms with Crippen LogP contribution in [-0.4, -0.2) is 65.2 Å². The highest BCUT2D eigenvalue weighted by Crippen LogP contribution is 2.30. The summed E-state index contributed by atoms with van der Waals surface area (Å²) in [5.74, 6) is 1.31. The molecule has 0 aromatic carbocycles. The fourth-order valence-corrected chi connectivity index (χ4v) is 3.61. The van der Waals surface area contributed by atoms with Gasteiger partial charge in [0, 0.05) is 37.6 Å². The van der Waals surface area contributed by atoms with Crippen molar-refractivity contribution in [2.75, 3.05) is 30.3 Å². The van der Waals surface area contributed by atoms with Crippen molar-refractivity contribution in [3.8, 4) is 0 Å². The summed E-state index contributed by atoms with van der Waals surface area (Å²) in [7, 11) is 0. The third-order valence-corrected chi connectivity index (χ3v) is 4.90. The van der Waals surface area contributed by atoms with Crippen molar-refractivity contribution >= 4 is 35.9 Å². The molecule has 2 aliphatic heterocycles. The third-order valence-electron chi connectivity index (χ3n) is 3.91. The Bertz CT molecular complexity index is 653. The van der Waals surface area contributed by atoms with Gasteiger partial charge in [-0.3, -0.25) is 9.79 Å². The van der Waals surface area contributed by atoms with Gasteiger partial charge in [0.2, 0.25) is 0 Å². The second-order valence-corrected chi connectivity index (χ2v) is 6.77. The Kier molecular flexibility index (Phi) is 5.44. The van der Waals surface area contributed by atoms with E-state index in [4.69, 9.17) is 0 Å². The SMILES string of the molecule is C=Nc1cncnc1N1C=C(C(=O)NC[C@H]2C[C@@H](O)CN2)SCC1. The molecule has 0 bridgehead atoms. The van der Waals surface area contributed by atoms with Crippen LogP contribution in [0, 0.1) is 0 Å². The van der Waals surface area contributed by atoms with Gasteiger partial charge in [-0.25, -0.2) is 9.97 Å². The number of nitrogens with one attached hydrogen (secondary N) is 2. The Morgan fingerprint density at radius 3 is 3.25 bits per heavy atom. The lowest BCUT2D eigenvalue weighted by atomic mass is 10.2. The normalized spacial score (nSPS) is 23.7. The number of amides is 1. The number of aliphatic imine (C=N–C) groups is 1. The van der Waals surface area contributed by atoms with Crippen molar-refractivity contribution in [1.29, 1.82) is 0 Å². The highest BCUT2D eigenvalue weighted by Gasteiger charge is 2.24. The fraction of sp³-hybridized carbons (Fsp3) is 0.467. The van der Waals surface area contributed by atoms with Crippen LogP contribution in [0.1, 0.15) is 6.42 Å². The molecule has 0 aliphatic carbocycles. The summed E-state index contributed by atoms with van der Waals surface area (Å²) in [6, 6.07) is 0.118. The van der Waals surface area contributed by atoms with Crippen LogP contribution in [0.4, 0.5) is 11.5 Å². The van der Waals surface area contributed by atoms with Gasteiger partial charge in [0.1, 0.15) is 12.0 Å². The van der Waals surface area contributed by atoms with Crippen molar-refractivity contribution < 1.29 is 9.90 Å². The van der Waals surface area contributed by atoms with Crippen LogP contribution in [0.15, 0.2) is 28.6 Å². The van der Waals surface area contributed by atoms with E-state index in [1.165, 1.54) is 18.1 Å². The molecule has 8 nitrogen and oxygen atoms in total. The molecular formula is C15H20N6O2S. The second-order valence-electron chi connectivity index (χ2n) is 5.63. The number of rotatable bonds is 5. The highest BCUT2D eigenvalue weighted by molar-refractivity contribution is 8.04. The van der Waals surface area contributed by atoms with Gasteiger partial charge in [-0.1, -0.05) is 0 Å². The van der Waals surface area contributed by atoms with Gasteiger partial charge in [-0.2, -0.15) is 0 Å². The Labute approximate surface area is 144 Å². The molecule has 0 spiro atoms. The molecule has 24 heavy (non-hydrogen) atoms. The van der Waals surface area contributed by atoms with Gasteiger partial charge in [0.15, 0.2) is 5.82 Å². The maximum Gasteiger partial charge on any atom is 0.259 e. The van der Waals surface area contributed by atoms with Crippen LogP contribution in [0.3, 0.4) is 0 Å². The molecule has 1 amide bonds. The lowest BCUT2D eigenvalue weighted by Gasteiger charge is -2.25. The number of hydrogen-bond donors (Lipinski definition) is 3. The highest BCUT2D eigenvalue weighted by atomic mass is 32.2. The molecule has 0 radical (unpaired) electrons. The van der Waals surface area contributed by atoms with Crippen molar-refractivity contribution in [1.82, 2.24) is 20.6 Å². The minimum Gasteiger partial charge on any atom is -0.392 e. The van der Waals surface area contributed by atoms with E-state index >= 15 is 0 Å². The number of β-amino-alcohol motifs (C(OH)–C–C–N with tert-alkyl or cyclic N) is 1. The molecule has 3 N–H and O–H groups in total. The average molecular weight is 348 g/mol. The summed E-state index contributed by atoms with van der Waals surface area (Å²) < 4.78 is 0. The molecule has 3 heterocycles. The number of thioether (sulfide) groups is 1. The molecule has 2 atom stereocenters. The van der Waals surface area contributed by atoms with E-state index in [9.17, 15) is 9.90 Å². The van der Waals surface area contributed by atoms with Crippen molar-refractivity contribution in [2.24, 2.45) is 4.99 Å². The number of carbonyl (C=O) groups excluding carboxylic acids is 1. The molecule has 1 aromatic rings. The Morgan fingerprint density at radius 2 is 2.50 bits per heavy atom. The number of hydrogen-bond acceptors (Lipinski definition) is 8. The molecule has 2 aliphatic rings. The van der Waals surface area contributed by atoms with Crippen LogP contribution in [-0.2, 0) is 4.79 Å². The monoisotopic (exact) mass is 348 g/mol. The molecule has 1 saturated heterocycles. The number of anilines is 1. The Morgan fingerprint density at radius 1 is 1.62 bits per heavy atom. The largest absolute Gasteiger partial charge is 0.392 e. The zero-order chi connectivity index (χ0) is 16.9. The zero-order valence-electron chi connectivity index (χ0n) is 13.2. The number of aliphatic hydroxyl groups excluding tert-OH is 1. The lowest BCUT2D eigenvalue weighted by Crippen LogP contribution is -2.38. The number of aromatic nitrogens is 2. The molecule has 1 fully saturated rings. The first kappa shape index (κ1) is 16.9. The van der Waals surface area contributed by atoms with E-state index in [0.717, 1.165) is 12.3 Å². The summed E-state index contributed by atoms with van der Waals surface area (Å²) in [6.07, 6.45) is 5.18. The van der Waals surface area contributed by atoms with Crippen LogP contribution in [0.5, 0.6) is 0 Å². The van der Waals surface area contributed by atoms with Crippen molar-refractivity contribution in [2.45, 2.75) is 18.6 Å². The number of aliphatic hydroxyl groups is 1. The van der Waals surface area contributed by atoms with Crippen molar-refractivity contribution in [3.63, 3.8) is 0 Å². The first-order valence-electron chi connectivity index (χ1n) is 7.75. The fourth-order valence-electron chi connectivity index (χ4n) is 2.69. The quantitative estimate of drug-likeness (QED) is 0.646. The standard InChI is InChI=1S/C15H20N6O2S/c1-16-12-7-17-9-20-14(12)21-2-3-24-13(8-21)15(23)19-5-10-4-11(22)6-18-10/h7-11,18,22H,1-6H2,(H,19,23)/t10-,11-/m1/s1. The minimum absolute atomic E-state index is 0.116. The Balaban J connectivity index is 1.65. The molecule has 128 valence electrons. The second kappa shape index (κ2) is 7.73. The molecule has 9 heteroatoms. The van der Waals surface area contributed by atoms with E-state index in [-0.39, 0.29) is 18.1 Å². The van der Waals surface area contributed by atoms with Crippen molar-refractivity contribution in [3.05, 3.63) is 23.6 Å². The number of carbonyl (C=O) groups is 1. The van der Waals surface area contributed by atoms with Crippen LogP contribution >= 0.6 is 11.8 Å². The van der Waals surface area contributed by atoms with E-state index in [1.807, 2.05) is 4.90 Å².